The van der Waals surface area contributed by atoms with Gasteiger partial charge in [-0.2, -0.15) is 4.31 Å². The van der Waals surface area contributed by atoms with Crippen LogP contribution < -0.4 is 9.47 Å². The van der Waals surface area contributed by atoms with Crippen LogP contribution in [0.3, 0.4) is 0 Å². The molecule has 1 saturated carbocycles. The second-order valence-electron chi connectivity index (χ2n) is 5.88. The normalized spacial score (nSPS) is 28.8. The van der Waals surface area contributed by atoms with Crippen molar-refractivity contribution in [3.05, 3.63) is 24.3 Å². The molecule has 2 bridgehead atoms. The number of sulfonamides is 1. The van der Waals surface area contributed by atoms with E-state index < -0.39 is 10.0 Å². The maximum absolute atomic E-state index is 12.0. The van der Waals surface area contributed by atoms with Gasteiger partial charge in [0, 0.05) is 12.1 Å². The number of rotatable bonds is 5. The summed E-state index contributed by atoms with van der Waals surface area (Å²) in [5.74, 6) is 1.88. The number of nitrogens with zero attached hydrogens (tertiary/aromatic N) is 1. The molecule has 5 nitrogen and oxygen atoms in total. The Balaban J connectivity index is 1.71. The standard InChI is InChI=1S/C15H21NO4S/c1-19-13-4-3-5-14(9-13)20-10-15-11-6-7-12(8-11)16(15)21(2,17)18/h3-5,9,11-12,15H,6-8,10H2,1-2H3/t11-,12-,15+/m1/s1. The van der Waals surface area contributed by atoms with Gasteiger partial charge in [-0.25, -0.2) is 8.42 Å². The highest BCUT2D eigenvalue weighted by Crippen LogP contribution is 2.43. The van der Waals surface area contributed by atoms with Crippen molar-refractivity contribution in [3.8, 4) is 11.5 Å². The van der Waals surface area contributed by atoms with Gasteiger partial charge in [-0.15, -0.1) is 0 Å². The average Bonchev–Trinajstić information content (AvgIpc) is 3.05. The Bertz CT molecular complexity index is 616. The summed E-state index contributed by atoms with van der Waals surface area (Å²) in [6.45, 7) is 0.404. The number of hydrogen-bond donors (Lipinski definition) is 0. The number of fused-ring (bicyclic) bond motifs is 2. The topological polar surface area (TPSA) is 55.8 Å². The van der Waals surface area contributed by atoms with Gasteiger partial charge < -0.3 is 9.47 Å². The Hall–Kier alpha value is -1.27. The zero-order valence-corrected chi connectivity index (χ0v) is 13.2. The first-order valence-corrected chi connectivity index (χ1v) is 9.09. The van der Waals surface area contributed by atoms with Gasteiger partial charge in [-0.3, -0.25) is 0 Å². The van der Waals surface area contributed by atoms with Crippen molar-refractivity contribution in [1.29, 1.82) is 0 Å². The fraction of sp³-hybridized carbons (Fsp3) is 0.600. The summed E-state index contributed by atoms with van der Waals surface area (Å²) < 4.78 is 36.6. The van der Waals surface area contributed by atoms with Gasteiger partial charge in [-0.1, -0.05) is 6.07 Å². The Kier molecular flexibility index (Phi) is 3.84. The van der Waals surface area contributed by atoms with E-state index in [-0.39, 0.29) is 12.1 Å². The summed E-state index contributed by atoms with van der Waals surface area (Å²) in [7, 11) is -1.56. The predicted molar refractivity (Wildman–Crippen MR) is 80.1 cm³/mol. The van der Waals surface area contributed by atoms with Crippen molar-refractivity contribution in [2.75, 3.05) is 20.0 Å². The molecule has 116 valence electrons. The molecule has 1 saturated heterocycles. The lowest BCUT2D eigenvalue weighted by Crippen LogP contribution is -2.47. The van der Waals surface area contributed by atoms with Gasteiger partial charge in [0.15, 0.2) is 0 Å². The molecule has 1 aliphatic carbocycles. The molecule has 0 spiro atoms. The third-order valence-electron chi connectivity index (χ3n) is 4.52. The molecule has 1 heterocycles. The van der Waals surface area contributed by atoms with Crippen LogP contribution in [0, 0.1) is 5.92 Å². The molecule has 1 aliphatic heterocycles. The largest absolute Gasteiger partial charge is 0.497 e. The quantitative estimate of drug-likeness (QED) is 0.833. The Labute approximate surface area is 125 Å². The van der Waals surface area contributed by atoms with Crippen LogP contribution in [0.25, 0.3) is 0 Å². The summed E-state index contributed by atoms with van der Waals surface area (Å²) in [6.07, 6.45) is 4.35. The molecule has 0 N–H and O–H groups in total. The van der Waals surface area contributed by atoms with Crippen LogP contribution in [0.2, 0.25) is 0 Å². The molecule has 1 aromatic carbocycles. The zero-order chi connectivity index (χ0) is 15.0. The minimum absolute atomic E-state index is 0.0371. The van der Waals surface area contributed by atoms with E-state index in [2.05, 4.69) is 0 Å². The van der Waals surface area contributed by atoms with Crippen LogP contribution in [-0.4, -0.2) is 44.8 Å². The molecule has 2 aliphatic rings. The summed E-state index contributed by atoms with van der Waals surface area (Å²) in [5, 5.41) is 0. The van der Waals surface area contributed by atoms with Crippen LogP contribution in [0.4, 0.5) is 0 Å². The smallest absolute Gasteiger partial charge is 0.211 e. The number of ether oxygens (including phenoxy) is 2. The fourth-order valence-electron chi connectivity index (χ4n) is 3.65. The van der Waals surface area contributed by atoms with Crippen LogP contribution in [0.15, 0.2) is 24.3 Å². The lowest BCUT2D eigenvalue weighted by molar-refractivity contribution is 0.163. The lowest BCUT2D eigenvalue weighted by atomic mass is 10.0. The van der Waals surface area contributed by atoms with E-state index in [1.807, 2.05) is 24.3 Å². The number of hydrogen-bond acceptors (Lipinski definition) is 4. The van der Waals surface area contributed by atoms with Gasteiger partial charge in [0.05, 0.1) is 19.4 Å². The molecular weight excluding hydrogens is 290 g/mol. The molecule has 2 fully saturated rings. The number of benzene rings is 1. The highest BCUT2D eigenvalue weighted by atomic mass is 32.2. The highest BCUT2D eigenvalue weighted by Gasteiger charge is 2.50. The van der Waals surface area contributed by atoms with Crippen molar-refractivity contribution in [2.45, 2.75) is 31.3 Å². The van der Waals surface area contributed by atoms with Crippen LogP contribution >= 0.6 is 0 Å². The van der Waals surface area contributed by atoms with E-state index in [0.29, 0.717) is 18.3 Å². The monoisotopic (exact) mass is 311 g/mol. The summed E-state index contributed by atoms with van der Waals surface area (Å²) >= 11 is 0. The van der Waals surface area contributed by atoms with Gasteiger partial charge in [0.2, 0.25) is 10.0 Å². The third-order valence-corrected chi connectivity index (χ3v) is 5.86. The van der Waals surface area contributed by atoms with E-state index >= 15 is 0 Å². The summed E-state index contributed by atoms with van der Waals surface area (Å²) in [4.78, 5) is 0. The van der Waals surface area contributed by atoms with E-state index in [4.69, 9.17) is 9.47 Å². The minimum atomic E-state index is -3.17. The molecule has 0 amide bonds. The molecular formula is C15H21NO4S. The Morgan fingerprint density at radius 1 is 1.29 bits per heavy atom. The maximum Gasteiger partial charge on any atom is 0.211 e. The van der Waals surface area contributed by atoms with E-state index in [9.17, 15) is 8.42 Å². The molecule has 0 radical (unpaired) electrons. The van der Waals surface area contributed by atoms with E-state index in [1.165, 1.54) is 6.26 Å². The van der Waals surface area contributed by atoms with Crippen molar-refractivity contribution in [3.63, 3.8) is 0 Å². The SMILES string of the molecule is COc1cccc(OC[C@H]2[C@@H]3CC[C@H](C3)N2S(C)(=O)=O)c1. The first-order valence-electron chi connectivity index (χ1n) is 7.24. The molecule has 0 unspecified atom stereocenters. The van der Waals surface area contributed by atoms with Crippen molar-refractivity contribution in [2.24, 2.45) is 5.92 Å². The number of piperidine rings is 1. The highest BCUT2D eigenvalue weighted by molar-refractivity contribution is 7.88. The molecule has 0 aromatic heterocycles. The van der Waals surface area contributed by atoms with Crippen molar-refractivity contribution >= 4 is 10.0 Å². The van der Waals surface area contributed by atoms with Gasteiger partial charge in [0.25, 0.3) is 0 Å². The second-order valence-corrected chi connectivity index (χ2v) is 7.76. The molecule has 1 aromatic rings. The first-order chi connectivity index (χ1) is 9.99. The minimum Gasteiger partial charge on any atom is -0.497 e. The molecule has 3 rings (SSSR count). The van der Waals surface area contributed by atoms with Crippen LogP contribution in [0.1, 0.15) is 19.3 Å². The predicted octanol–water partition coefficient (Wildman–Crippen LogP) is 1.89. The second kappa shape index (κ2) is 5.50. The number of methoxy groups -OCH3 is 1. The van der Waals surface area contributed by atoms with Crippen LogP contribution in [-0.2, 0) is 10.0 Å². The van der Waals surface area contributed by atoms with Gasteiger partial charge >= 0.3 is 0 Å². The van der Waals surface area contributed by atoms with Crippen LogP contribution in [0.5, 0.6) is 11.5 Å². The Morgan fingerprint density at radius 3 is 2.76 bits per heavy atom. The van der Waals surface area contributed by atoms with Crippen molar-refractivity contribution < 1.29 is 17.9 Å². The first kappa shape index (κ1) is 14.7. The van der Waals surface area contributed by atoms with Crippen molar-refractivity contribution in [1.82, 2.24) is 4.31 Å². The third kappa shape index (κ3) is 2.87. The summed E-state index contributed by atoms with van der Waals surface area (Å²) in [6, 6.07) is 7.53. The zero-order valence-electron chi connectivity index (χ0n) is 12.4. The fourth-order valence-corrected chi connectivity index (χ4v) is 5.11. The summed E-state index contributed by atoms with van der Waals surface area (Å²) in [5.41, 5.74) is 0. The van der Waals surface area contributed by atoms with E-state index in [0.717, 1.165) is 25.0 Å². The molecule has 6 heteroatoms. The Morgan fingerprint density at radius 2 is 2.05 bits per heavy atom. The lowest BCUT2D eigenvalue weighted by Gasteiger charge is -2.33. The average molecular weight is 311 g/mol. The molecule has 3 atom stereocenters. The molecule has 21 heavy (non-hydrogen) atoms. The maximum atomic E-state index is 12.0. The van der Waals surface area contributed by atoms with Gasteiger partial charge in [-0.05, 0) is 37.3 Å². The van der Waals surface area contributed by atoms with E-state index in [1.54, 1.807) is 11.4 Å². The van der Waals surface area contributed by atoms with Gasteiger partial charge in [0.1, 0.15) is 18.1 Å².